The molecule has 1 aliphatic heterocycles. The number of hydrogen-bond acceptors (Lipinski definition) is 4. The normalized spacial score (nSPS) is 18.6. The number of aryl methyl sites for hydroxylation is 1. The molecular weight excluding hydrogens is 366 g/mol. The second-order valence-electron chi connectivity index (χ2n) is 8.24. The maximum Gasteiger partial charge on any atom is 0.276 e. The van der Waals surface area contributed by atoms with E-state index in [0.717, 1.165) is 49.8 Å². The van der Waals surface area contributed by atoms with Crippen LogP contribution in [0, 0.1) is 12.8 Å². The van der Waals surface area contributed by atoms with E-state index in [4.69, 9.17) is 0 Å². The van der Waals surface area contributed by atoms with E-state index in [0.29, 0.717) is 18.8 Å². The third kappa shape index (κ3) is 4.49. The van der Waals surface area contributed by atoms with Crippen LogP contribution in [0.25, 0.3) is 5.69 Å². The molecule has 1 N–H and O–H groups in total. The van der Waals surface area contributed by atoms with Crippen molar-refractivity contribution in [2.75, 3.05) is 13.1 Å². The number of carbonyl (C=O) groups excluding carboxylic acids is 2. The number of nitrogens with one attached hydrogen (secondary N) is 1. The van der Waals surface area contributed by atoms with Gasteiger partial charge in [-0.3, -0.25) is 9.59 Å². The minimum atomic E-state index is -0.0955. The quantitative estimate of drug-likeness (QED) is 0.863. The van der Waals surface area contributed by atoms with Crippen LogP contribution in [0.15, 0.2) is 30.5 Å². The van der Waals surface area contributed by atoms with Crippen LogP contribution in [-0.2, 0) is 4.79 Å². The van der Waals surface area contributed by atoms with Crippen LogP contribution < -0.4 is 5.32 Å². The van der Waals surface area contributed by atoms with Gasteiger partial charge in [-0.05, 0) is 44.2 Å². The number of para-hydroxylation sites is 1. The van der Waals surface area contributed by atoms with Gasteiger partial charge in [-0.1, -0.05) is 42.7 Å². The van der Waals surface area contributed by atoms with E-state index in [2.05, 4.69) is 15.6 Å². The Kier molecular flexibility index (Phi) is 5.92. The van der Waals surface area contributed by atoms with Crippen LogP contribution in [-0.4, -0.2) is 50.8 Å². The highest BCUT2D eigenvalue weighted by molar-refractivity contribution is 5.92. The van der Waals surface area contributed by atoms with Crippen molar-refractivity contribution in [2.45, 2.75) is 57.9 Å². The summed E-state index contributed by atoms with van der Waals surface area (Å²) >= 11 is 0. The zero-order chi connectivity index (χ0) is 20.2. The lowest BCUT2D eigenvalue weighted by Gasteiger charge is -2.33. The fourth-order valence-electron chi connectivity index (χ4n) is 4.37. The third-order valence-corrected chi connectivity index (χ3v) is 6.18. The second kappa shape index (κ2) is 8.76. The second-order valence-corrected chi connectivity index (χ2v) is 8.24. The van der Waals surface area contributed by atoms with Gasteiger partial charge in [0.1, 0.15) is 0 Å². The number of rotatable bonds is 4. The summed E-state index contributed by atoms with van der Waals surface area (Å²) in [6, 6.07) is 8.04. The molecule has 29 heavy (non-hydrogen) atoms. The molecule has 0 radical (unpaired) electrons. The van der Waals surface area contributed by atoms with Crippen molar-refractivity contribution in [3.8, 4) is 5.69 Å². The van der Waals surface area contributed by atoms with Gasteiger partial charge in [-0.2, -0.15) is 0 Å². The van der Waals surface area contributed by atoms with Crippen molar-refractivity contribution < 1.29 is 9.59 Å². The SMILES string of the molecule is Cc1ccccc1-n1cc(C(=O)N2CCC(NC(=O)C3CCCCC3)CC2)nn1. The van der Waals surface area contributed by atoms with Gasteiger partial charge in [0, 0.05) is 25.0 Å². The zero-order valence-corrected chi connectivity index (χ0v) is 17.0. The van der Waals surface area contributed by atoms with Gasteiger partial charge in [-0.15, -0.1) is 5.10 Å². The Balaban J connectivity index is 1.31. The molecule has 2 aliphatic rings. The Hall–Kier alpha value is -2.70. The largest absolute Gasteiger partial charge is 0.353 e. The van der Waals surface area contributed by atoms with Gasteiger partial charge in [0.05, 0.1) is 11.9 Å². The van der Waals surface area contributed by atoms with Crippen LogP contribution in [0.1, 0.15) is 61.0 Å². The Morgan fingerprint density at radius 3 is 2.48 bits per heavy atom. The number of hydrogen-bond donors (Lipinski definition) is 1. The number of nitrogens with zero attached hydrogens (tertiary/aromatic N) is 4. The summed E-state index contributed by atoms with van der Waals surface area (Å²) in [5.74, 6) is 0.289. The van der Waals surface area contributed by atoms with Crippen molar-refractivity contribution in [2.24, 2.45) is 5.92 Å². The molecule has 154 valence electrons. The molecule has 0 unspecified atom stereocenters. The smallest absolute Gasteiger partial charge is 0.276 e. The average Bonchev–Trinajstić information content (AvgIpc) is 3.25. The van der Waals surface area contributed by atoms with Crippen LogP contribution in [0.2, 0.25) is 0 Å². The molecule has 1 aromatic heterocycles. The first-order chi connectivity index (χ1) is 14.1. The molecule has 0 bridgehead atoms. The number of amides is 2. The van der Waals surface area contributed by atoms with Crippen molar-refractivity contribution in [3.05, 3.63) is 41.7 Å². The lowest BCUT2D eigenvalue weighted by Crippen LogP contribution is -2.48. The van der Waals surface area contributed by atoms with E-state index in [1.54, 1.807) is 10.9 Å². The van der Waals surface area contributed by atoms with E-state index >= 15 is 0 Å². The number of likely N-dealkylation sites (tertiary alicyclic amines) is 1. The Bertz CT molecular complexity index is 864. The topological polar surface area (TPSA) is 80.1 Å². The standard InChI is InChI=1S/C22H29N5O2/c1-16-7-5-6-10-20(16)27-15-19(24-25-27)22(29)26-13-11-18(12-14-26)23-21(28)17-8-3-2-4-9-17/h5-7,10,15,17-18H,2-4,8-9,11-14H2,1H3,(H,23,28). The van der Waals surface area contributed by atoms with Crippen molar-refractivity contribution >= 4 is 11.8 Å². The molecular formula is C22H29N5O2. The maximum atomic E-state index is 12.8. The zero-order valence-electron chi connectivity index (χ0n) is 17.0. The van der Waals surface area contributed by atoms with E-state index in [1.807, 2.05) is 36.1 Å². The van der Waals surface area contributed by atoms with Crippen LogP contribution in [0.4, 0.5) is 0 Å². The van der Waals surface area contributed by atoms with E-state index < -0.39 is 0 Å². The Morgan fingerprint density at radius 1 is 1.03 bits per heavy atom. The van der Waals surface area contributed by atoms with Crippen LogP contribution >= 0.6 is 0 Å². The molecule has 1 saturated carbocycles. The minimum absolute atomic E-state index is 0.0955. The minimum Gasteiger partial charge on any atom is -0.353 e. The lowest BCUT2D eigenvalue weighted by atomic mass is 9.88. The summed E-state index contributed by atoms with van der Waals surface area (Å²) in [5, 5.41) is 11.4. The molecule has 7 nitrogen and oxygen atoms in total. The highest BCUT2D eigenvalue weighted by Gasteiger charge is 2.28. The van der Waals surface area contributed by atoms with E-state index in [1.165, 1.54) is 6.42 Å². The molecule has 2 amide bonds. The molecule has 7 heteroatoms. The van der Waals surface area contributed by atoms with Crippen LogP contribution in [0.3, 0.4) is 0 Å². The first-order valence-electron chi connectivity index (χ1n) is 10.7. The summed E-state index contributed by atoms with van der Waals surface area (Å²) in [6.07, 6.45) is 8.87. The first kappa shape index (κ1) is 19.6. The fraction of sp³-hybridized carbons (Fsp3) is 0.545. The molecule has 1 aromatic carbocycles. The molecule has 2 fully saturated rings. The summed E-state index contributed by atoms with van der Waals surface area (Å²) in [6.45, 7) is 3.27. The lowest BCUT2D eigenvalue weighted by molar-refractivity contribution is -0.126. The van der Waals surface area contributed by atoms with Crippen molar-refractivity contribution in [1.82, 2.24) is 25.2 Å². The summed E-state index contributed by atoms with van der Waals surface area (Å²) in [7, 11) is 0. The maximum absolute atomic E-state index is 12.8. The predicted molar refractivity (Wildman–Crippen MR) is 110 cm³/mol. The average molecular weight is 396 g/mol. The first-order valence-corrected chi connectivity index (χ1v) is 10.7. The predicted octanol–water partition coefficient (Wildman–Crippen LogP) is 2.88. The van der Waals surface area contributed by atoms with Crippen molar-refractivity contribution in [1.29, 1.82) is 0 Å². The number of piperidine rings is 1. The highest BCUT2D eigenvalue weighted by Crippen LogP contribution is 2.24. The van der Waals surface area contributed by atoms with Gasteiger partial charge in [0.25, 0.3) is 5.91 Å². The number of carbonyl (C=O) groups is 2. The van der Waals surface area contributed by atoms with Gasteiger partial charge >= 0.3 is 0 Å². The monoisotopic (exact) mass is 395 g/mol. The molecule has 2 aromatic rings. The fourth-order valence-corrected chi connectivity index (χ4v) is 4.37. The molecule has 0 atom stereocenters. The number of aromatic nitrogens is 3. The van der Waals surface area contributed by atoms with E-state index in [9.17, 15) is 9.59 Å². The number of benzene rings is 1. The third-order valence-electron chi connectivity index (χ3n) is 6.18. The Labute approximate surface area is 171 Å². The molecule has 1 saturated heterocycles. The molecule has 0 spiro atoms. The van der Waals surface area contributed by atoms with Crippen LogP contribution in [0.5, 0.6) is 0 Å². The highest BCUT2D eigenvalue weighted by atomic mass is 16.2. The summed E-state index contributed by atoms with van der Waals surface area (Å²) < 4.78 is 1.65. The Morgan fingerprint density at radius 2 is 1.76 bits per heavy atom. The molecule has 4 rings (SSSR count). The molecule has 2 heterocycles. The van der Waals surface area contributed by atoms with E-state index in [-0.39, 0.29) is 23.8 Å². The van der Waals surface area contributed by atoms with Crippen molar-refractivity contribution in [3.63, 3.8) is 0 Å². The van der Waals surface area contributed by atoms with Gasteiger partial charge in [-0.25, -0.2) is 4.68 Å². The summed E-state index contributed by atoms with van der Waals surface area (Å²) in [5.41, 5.74) is 2.35. The summed E-state index contributed by atoms with van der Waals surface area (Å²) in [4.78, 5) is 27.1. The molecule has 1 aliphatic carbocycles. The van der Waals surface area contributed by atoms with Gasteiger partial charge in [0.2, 0.25) is 5.91 Å². The van der Waals surface area contributed by atoms with Gasteiger partial charge in [0.15, 0.2) is 5.69 Å². The van der Waals surface area contributed by atoms with Gasteiger partial charge < -0.3 is 10.2 Å².